The number of nitrogens with two attached hydrogens (primary N) is 1. The van der Waals surface area contributed by atoms with Crippen molar-refractivity contribution in [2.45, 2.75) is 0 Å². The smallest absolute Gasteiger partial charge is 0.311 e. The van der Waals surface area contributed by atoms with E-state index in [1.54, 1.807) is 24.3 Å². The summed E-state index contributed by atoms with van der Waals surface area (Å²) in [5.74, 6) is -2.03. The molecular formula is C13H15BrN2O4. The van der Waals surface area contributed by atoms with Crippen molar-refractivity contribution in [1.82, 2.24) is 4.90 Å². The summed E-state index contributed by atoms with van der Waals surface area (Å²) in [7, 11) is 1.24. The van der Waals surface area contributed by atoms with Gasteiger partial charge in [-0.3, -0.25) is 19.3 Å². The molecule has 1 atom stereocenters. The molecule has 1 heterocycles. The van der Waals surface area contributed by atoms with E-state index in [1.165, 1.54) is 7.11 Å². The number of fused-ring (bicyclic) bond motifs is 1. The number of benzene rings is 1. The number of nitrogens with zero attached hydrogens (tertiary/aromatic N) is 1. The summed E-state index contributed by atoms with van der Waals surface area (Å²) < 4.78 is 4.59. The Balaban J connectivity index is 0.00000200. The van der Waals surface area contributed by atoms with Crippen molar-refractivity contribution in [3.8, 4) is 0 Å². The van der Waals surface area contributed by atoms with Crippen LogP contribution in [0, 0.1) is 5.92 Å². The minimum Gasteiger partial charge on any atom is -0.469 e. The number of hydrogen-bond acceptors (Lipinski definition) is 5. The zero-order valence-corrected chi connectivity index (χ0v) is 12.6. The van der Waals surface area contributed by atoms with E-state index >= 15 is 0 Å². The minimum absolute atomic E-state index is 0. The molecule has 2 amide bonds. The first kappa shape index (κ1) is 16.3. The number of hydrogen-bond donors (Lipinski definition) is 1. The molecule has 1 aliphatic heterocycles. The third-order valence-electron chi connectivity index (χ3n) is 3.10. The van der Waals surface area contributed by atoms with Crippen LogP contribution in [0.3, 0.4) is 0 Å². The molecule has 1 aliphatic rings. The quantitative estimate of drug-likeness (QED) is 0.639. The third-order valence-corrected chi connectivity index (χ3v) is 3.10. The topological polar surface area (TPSA) is 89.7 Å². The van der Waals surface area contributed by atoms with E-state index in [0.717, 1.165) is 4.90 Å². The molecule has 0 spiro atoms. The highest BCUT2D eigenvalue weighted by Gasteiger charge is 2.37. The first-order valence-corrected chi connectivity index (χ1v) is 5.83. The second-order valence-electron chi connectivity index (χ2n) is 4.22. The number of amides is 2. The lowest BCUT2D eigenvalue weighted by atomic mass is 10.1. The molecule has 1 unspecified atom stereocenters. The van der Waals surface area contributed by atoms with Crippen LogP contribution in [-0.2, 0) is 9.53 Å². The lowest BCUT2D eigenvalue weighted by molar-refractivity contribution is -0.145. The number of imide groups is 1. The van der Waals surface area contributed by atoms with Crippen LogP contribution < -0.4 is 5.73 Å². The van der Waals surface area contributed by atoms with Gasteiger partial charge in [0.15, 0.2) is 0 Å². The monoisotopic (exact) mass is 342 g/mol. The van der Waals surface area contributed by atoms with E-state index in [2.05, 4.69) is 4.74 Å². The number of rotatable bonds is 4. The molecule has 108 valence electrons. The van der Waals surface area contributed by atoms with Crippen LogP contribution in [0.1, 0.15) is 20.7 Å². The number of methoxy groups -OCH3 is 1. The van der Waals surface area contributed by atoms with Gasteiger partial charge < -0.3 is 10.5 Å². The lowest BCUT2D eigenvalue weighted by Gasteiger charge is -2.19. The average Bonchev–Trinajstić information content (AvgIpc) is 2.68. The maximum absolute atomic E-state index is 12.1. The Bertz CT molecular complexity index is 512. The Morgan fingerprint density at radius 2 is 1.75 bits per heavy atom. The number of ether oxygens (including phenoxy) is 1. The van der Waals surface area contributed by atoms with Gasteiger partial charge in [0.05, 0.1) is 24.2 Å². The molecule has 0 aliphatic carbocycles. The summed E-state index contributed by atoms with van der Waals surface area (Å²) in [5, 5.41) is 0. The van der Waals surface area contributed by atoms with Gasteiger partial charge in [0.2, 0.25) is 0 Å². The minimum atomic E-state index is -0.702. The van der Waals surface area contributed by atoms with Crippen molar-refractivity contribution in [2.24, 2.45) is 11.7 Å². The van der Waals surface area contributed by atoms with Crippen LogP contribution >= 0.6 is 17.0 Å². The van der Waals surface area contributed by atoms with Gasteiger partial charge in [-0.25, -0.2) is 0 Å². The largest absolute Gasteiger partial charge is 0.469 e. The fourth-order valence-corrected chi connectivity index (χ4v) is 2.04. The maximum atomic E-state index is 12.1. The molecule has 0 aromatic heterocycles. The molecule has 6 nitrogen and oxygen atoms in total. The van der Waals surface area contributed by atoms with Gasteiger partial charge in [0.1, 0.15) is 0 Å². The van der Waals surface area contributed by atoms with Crippen LogP contribution in [0.5, 0.6) is 0 Å². The predicted molar refractivity (Wildman–Crippen MR) is 76.7 cm³/mol. The molecule has 1 aromatic rings. The summed E-state index contributed by atoms with van der Waals surface area (Å²) in [4.78, 5) is 36.7. The Hall–Kier alpha value is -1.73. The first-order chi connectivity index (χ1) is 9.10. The fourth-order valence-electron chi connectivity index (χ4n) is 2.04. The van der Waals surface area contributed by atoms with E-state index in [4.69, 9.17) is 5.73 Å². The van der Waals surface area contributed by atoms with Crippen LogP contribution in [-0.4, -0.2) is 42.9 Å². The highest BCUT2D eigenvalue weighted by molar-refractivity contribution is 8.93. The van der Waals surface area contributed by atoms with E-state index in [9.17, 15) is 14.4 Å². The molecule has 0 saturated carbocycles. The van der Waals surface area contributed by atoms with Crippen LogP contribution in [0.15, 0.2) is 24.3 Å². The lowest BCUT2D eigenvalue weighted by Crippen LogP contribution is -2.40. The molecule has 0 radical (unpaired) electrons. The summed E-state index contributed by atoms with van der Waals surface area (Å²) in [6.45, 7) is -0.0460. The van der Waals surface area contributed by atoms with Crippen LogP contribution in [0.25, 0.3) is 0 Å². The third kappa shape index (κ3) is 2.73. The van der Waals surface area contributed by atoms with E-state index in [1.807, 2.05) is 0 Å². The zero-order chi connectivity index (χ0) is 14.0. The molecule has 1 aromatic carbocycles. The van der Waals surface area contributed by atoms with Gasteiger partial charge in [-0.2, -0.15) is 0 Å². The van der Waals surface area contributed by atoms with Crippen molar-refractivity contribution in [1.29, 1.82) is 0 Å². The van der Waals surface area contributed by atoms with E-state index in [0.29, 0.717) is 11.1 Å². The molecule has 7 heteroatoms. The summed E-state index contributed by atoms with van der Waals surface area (Å²) in [6, 6.07) is 6.55. The number of esters is 1. The fraction of sp³-hybridized carbons (Fsp3) is 0.308. The Labute approximate surface area is 126 Å². The van der Waals surface area contributed by atoms with Crippen molar-refractivity contribution in [3.63, 3.8) is 0 Å². The molecule has 0 bridgehead atoms. The molecule has 2 N–H and O–H groups in total. The van der Waals surface area contributed by atoms with Crippen molar-refractivity contribution >= 4 is 34.8 Å². The Morgan fingerprint density at radius 3 is 2.15 bits per heavy atom. The van der Waals surface area contributed by atoms with E-state index < -0.39 is 23.7 Å². The second-order valence-corrected chi connectivity index (χ2v) is 4.22. The maximum Gasteiger partial charge on any atom is 0.311 e. The van der Waals surface area contributed by atoms with Gasteiger partial charge in [-0.1, -0.05) is 12.1 Å². The normalized spacial score (nSPS) is 14.6. The van der Waals surface area contributed by atoms with Gasteiger partial charge in [-0.15, -0.1) is 17.0 Å². The molecule has 2 rings (SSSR count). The standard InChI is InChI=1S/C13H14N2O4.BrH/c1-19-13(18)8(6-14)7-15-11(16)9-4-2-3-5-10(9)12(15)17;/h2-5,8H,6-7,14H2,1H3;1H. The predicted octanol–water partition coefficient (Wildman–Crippen LogP) is 0.608. The molecule has 20 heavy (non-hydrogen) atoms. The van der Waals surface area contributed by atoms with Gasteiger partial charge in [0.25, 0.3) is 11.8 Å². The molecular weight excluding hydrogens is 328 g/mol. The summed E-state index contributed by atoms with van der Waals surface area (Å²) in [6.07, 6.45) is 0. The summed E-state index contributed by atoms with van der Waals surface area (Å²) >= 11 is 0. The first-order valence-electron chi connectivity index (χ1n) is 5.83. The van der Waals surface area contributed by atoms with Crippen LogP contribution in [0.4, 0.5) is 0 Å². The molecule has 0 fully saturated rings. The van der Waals surface area contributed by atoms with Crippen molar-refractivity contribution < 1.29 is 19.1 Å². The average molecular weight is 343 g/mol. The van der Waals surface area contributed by atoms with E-state index in [-0.39, 0.29) is 30.1 Å². The van der Waals surface area contributed by atoms with Gasteiger partial charge in [-0.05, 0) is 12.1 Å². The van der Waals surface area contributed by atoms with Crippen molar-refractivity contribution in [2.75, 3.05) is 20.2 Å². The SMILES string of the molecule is Br.COC(=O)C(CN)CN1C(=O)c2ccccc2C1=O. The van der Waals surface area contributed by atoms with Crippen LogP contribution in [0.2, 0.25) is 0 Å². The summed E-state index contributed by atoms with van der Waals surface area (Å²) in [5.41, 5.74) is 6.18. The Kier molecular flexibility index (Phi) is 5.41. The molecule has 0 saturated heterocycles. The highest BCUT2D eigenvalue weighted by Crippen LogP contribution is 2.23. The van der Waals surface area contributed by atoms with Crippen molar-refractivity contribution in [3.05, 3.63) is 35.4 Å². The second kappa shape index (κ2) is 6.62. The number of carbonyl (C=O) groups is 3. The zero-order valence-electron chi connectivity index (χ0n) is 10.9. The number of carbonyl (C=O) groups excluding carboxylic acids is 3. The van der Waals surface area contributed by atoms with Gasteiger partial charge in [0, 0.05) is 13.1 Å². The Morgan fingerprint density at radius 1 is 1.25 bits per heavy atom. The highest BCUT2D eigenvalue weighted by atomic mass is 79.9. The van der Waals surface area contributed by atoms with Gasteiger partial charge >= 0.3 is 5.97 Å². The number of halogens is 1.